The van der Waals surface area contributed by atoms with E-state index in [1.807, 2.05) is 0 Å². The first-order chi connectivity index (χ1) is 11.3. The number of carboxylic acids is 1. The smallest absolute Gasteiger partial charge is 0.338 e. The summed E-state index contributed by atoms with van der Waals surface area (Å²) in [6.07, 6.45) is 0. The first-order valence-electron chi connectivity index (χ1n) is 6.44. The summed E-state index contributed by atoms with van der Waals surface area (Å²) in [4.78, 5) is 11.5. The maximum Gasteiger partial charge on any atom is 0.338 e. The highest BCUT2D eigenvalue weighted by atomic mass is 32.2. The molecule has 0 fully saturated rings. The number of aromatic carboxylic acids is 1. The number of methoxy groups -OCH3 is 1. The number of carboxylic acid groups (broad SMARTS) is 1. The van der Waals surface area contributed by atoms with Crippen molar-refractivity contribution in [1.29, 1.82) is 0 Å². The topological polar surface area (TPSA) is 92.7 Å². The van der Waals surface area contributed by atoms with E-state index in [0.29, 0.717) is 4.88 Å². The van der Waals surface area contributed by atoms with Gasteiger partial charge in [0.05, 0.1) is 23.2 Å². The maximum atomic E-state index is 13.8. The number of halogens is 1. The normalized spacial score (nSPS) is 10.6. The second kappa shape index (κ2) is 6.90. The summed E-state index contributed by atoms with van der Waals surface area (Å²) in [5, 5.41) is 8.89. The largest absolute Gasteiger partial charge is 0.495 e. The van der Waals surface area contributed by atoms with Crippen LogP contribution in [0.5, 0.6) is 5.75 Å². The summed E-state index contributed by atoms with van der Waals surface area (Å²) in [6.45, 7) is 1.63. The SMILES string of the molecule is CC#Cc1ccc(S(=O)(=O)Nc2cc(F)c(C(=O)O)cc2OC)s1. The Kier molecular flexibility index (Phi) is 5.11. The highest BCUT2D eigenvalue weighted by Crippen LogP contribution is 2.31. The first kappa shape index (κ1) is 17.8. The Morgan fingerprint density at radius 2 is 2.08 bits per heavy atom. The molecule has 0 spiro atoms. The van der Waals surface area contributed by atoms with Gasteiger partial charge in [0.2, 0.25) is 0 Å². The molecule has 0 unspecified atom stereocenters. The van der Waals surface area contributed by atoms with Gasteiger partial charge in [-0.3, -0.25) is 4.72 Å². The van der Waals surface area contributed by atoms with Crippen molar-refractivity contribution in [3.8, 4) is 17.6 Å². The minimum atomic E-state index is -3.99. The van der Waals surface area contributed by atoms with Crippen LogP contribution in [-0.4, -0.2) is 26.6 Å². The molecule has 1 aromatic heterocycles. The van der Waals surface area contributed by atoms with Crippen molar-refractivity contribution in [2.24, 2.45) is 0 Å². The molecular weight excluding hydrogens is 357 g/mol. The van der Waals surface area contributed by atoms with Gasteiger partial charge >= 0.3 is 5.97 Å². The van der Waals surface area contributed by atoms with E-state index in [0.717, 1.165) is 23.5 Å². The van der Waals surface area contributed by atoms with E-state index < -0.39 is 27.4 Å². The number of hydrogen-bond acceptors (Lipinski definition) is 5. The van der Waals surface area contributed by atoms with E-state index in [1.54, 1.807) is 13.0 Å². The van der Waals surface area contributed by atoms with Crippen LogP contribution in [0.25, 0.3) is 0 Å². The lowest BCUT2D eigenvalue weighted by molar-refractivity contribution is 0.0691. The fourth-order valence-electron chi connectivity index (χ4n) is 1.82. The van der Waals surface area contributed by atoms with Crippen molar-refractivity contribution in [3.63, 3.8) is 0 Å². The predicted octanol–water partition coefficient (Wildman–Crippen LogP) is 2.77. The minimum Gasteiger partial charge on any atom is -0.495 e. The van der Waals surface area contributed by atoms with Gasteiger partial charge in [-0.25, -0.2) is 17.6 Å². The molecule has 6 nitrogen and oxygen atoms in total. The lowest BCUT2D eigenvalue weighted by Gasteiger charge is -2.12. The van der Waals surface area contributed by atoms with Gasteiger partial charge in [-0.05, 0) is 25.1 Å². The number of ether oxygens (including phenoxy) is 1. The fourth-order valence-corrected chi connectivity index (χ4v) is 4.09. The van der Waals surface area contributed by atoms with Crippen molar-refractivity contribution in [1.82, 2.24) is 0 Å². The molecule has 1 aromatic carbocycles. The standard InChI is InChI=1S/C15H12FNO5S2/c1-3-4-9-5-6-14(23-9)24(20,21)17-12-8-11(16)10(15(18)19)7-13(12)22-2/h5-8,17H,1-2H3,(H,18,19). The third-order valence-electron chi connectivity index (χ3n) is 2.86. The summed E-state index contributed by atoms with van der Waals surface area (Å²) in [5.41, 5.74) is -0.817. The Labute approximate surface area is 141 Å². The van der Waals surface area contributed by atoms with Crippen molar-refractivity contribution in [2.45, 2.75) is 11.1 Å². The second-order valence-corrected chi connectivity index (χ2v) is 7.43. The number of hydrogen-bond donors (Lipinski definition) is 2. The first-order valence-corrected chi connectivity index (χ1v) is 8.74. The number of sulfonamides is 1. The zero-order valence-corrected chi connectivity index (χ0v) is 14.2. The summed E-state index contributed by atoms with van der Waals surface area (Å²) < 4.78 is 45.7. The molecule has 0 aliphatic carbocycles. The quantitative estimate of drug-likeness (QED) is 0.791. The molecular formula is C15H12FNO5S2. The number of rotatable bonds is 5. The molecule has 0 aliphatic heterocycles. The van der Waals surface area contributed by atoms with Crippen LogP contribution < -0.4 is 9.46 Å². The molecule has 2 rings (SSSR count). The minimum absolute atomic E-state index is 0.00924. The van der Waals surface area contributed by atoms with Crippen LogP contribution in [0.3, 0.4) is 0 Å². The van der Waals surface area contributed by atoms with Crippen molar-refractivity contribution < 1.29 is 27.4 Å². The molecule has 9 heteroatoms. The zero-order chi connectivity index (χ0) is 17.9. The predicted molar refractivity (Wildman–Crippen MR) is 87.6 cm³/mol. The third-order valence-corrected chi connectivity index (χ3v) is 5.72. The van der Waals surface area contributed by atoms with Gasteiger partial charge in [0.1, 0.15) is 15.8 Å². The van der Waals surface area contributed by atoms with Crippen LogP contribution in [0, 0.1) is 17.7 Å². The van der Waals surface area contributed by atoms with Gasteiger partial charge < -0.3 is 9.84 Å². The molecule has 0 amide bonds. The Morgan fingerprint density at radius 1 is 1.38 bits per heavy atom. The molecule has 0 atom stereocenters. The molecule has 126 valence electrons. The average Bonchev–Trinajstić information content (AvgIpc) is 2.96. The molecule has 0 aliphatic rings. The van der Waals surface area contributed by atoms with Gasteiger partial charge in [0.25, 0.3) is 10.0 Å². The highest BCUT2D eigenvalue weighted by Gasteiger charge is 2.22. The zero-order valence-electron chi connectivity index (χ0n) is 12.6. The monoisotopic (exact) mass is 369 g/mol. The Hall–Kier alpha value is -2.57. The third kappa shape index (κ3) is 3.67. The van der Waals surface area contributed by atoms with Crippen LogP contribution in [0.4, 0.5) is 10.1 Å². The second-order valence-electron chi connectivity index (χ2n) is 4.44. The average molecular weight is 369 g/mol. The van der Waals surface area contributed by atoms with E-state index in [-0.39, 0.29) is 15.6 Å². The number of carbonyl (C=O) groups is 1. The van der Waals surface area contributed by atoms with Gasteiger partial charge in [-0.1, -0.05) is 5.92 Å². The van der Waals surface area contributed by atoms with Crippen LogP contribution >= 0.6 is 11.3 Å². The van der Waals surface area contributed by atoms with Gasteiger partial charge in [-0.2, -0.15) is 0 Å². The van der Waals surface area contributed by atoms with Crippen LogP contribution in [0.2, 0.25) is 0 Å². The van der Waals surface area contributed by atoms with E-state index in [1.165, 1.54) is 13.2 Å². The molecule has 0 radical (unpaired) electrons. The van der Waals surface area contributed by atoms with E-state index in [9.17, 15) is 17.6 Å². The van der Waals surface area contributed by atoms with Crippen LogP contribution in [0.1, 0.15) is 22.2 Å². The number of nitrogens with one attached hydrogen (secondary N) is 1. The number of benzene rings is 1. The summed E-state index contributed by atoms with van der Waals surface area (Å²) in [7, 11) is -2.77. The number of anilines is 1. The van der Waals surface area contributed by atoms with Crippen molar-refractivity contribution >= 4 is 33.0 Å². The van der Waals surface area contributed by atoms with Crippen molar-refractivity contribution in [2.75, 3.05) is 11.8 Å². The number of thiophene rings is 1. The maximum absolute atomic E-state index is 13.8. The summed E-state index contributed by atoms with van der Waals surface area (Å²) in [6, 6.07) is 4.61. The lowest BCUT2D eigenvalue weighted by atomic mass is 10.2. The lowest BCUT2D eigenvalue weighted by Crippen LogP contribution is -2.13. The van der Waals surface area contributed by atoms with Gasteiger partial charge in [0.15, 0.2) is 0 Å². The van der Waals surface area contributed by atoms with E-state index in [2.05, 4.69) is 16.6 Å². The molecule has 0 saturated heterocycles. The van der Waals surface area contributed by atoms with Gasteiger partial charge in [0, 0.05) is 6.07 Å². The molecule has 24 heavy (non-hydrogen) atoms. The molecule has 0 bridgehead atoms. The van der Waals surface area contributed by atoms with Crippen LogP contribution in [-0.2, 0) is 10.0 Å². The highest BCUT2D eigenvalue weighted by molar-refractivity contribution is 7.94. The van der Waals surface area contributed by atoms with E-state index >= 15 is 0 Å². The Bertz CT molecular complexity index is 954. The van der Waals surface area contributed by atoms with E-state index in [4.69, 9.17) is 9.84 Å². The van der Waals surface area contributed by atoms with Crippen LogP contribution in [0.15, 0.2) is 28.5 Å². The molecule has 2 N–H and O–H groups in total. The summed E-state index contributed by atoms with van der Waals surface area (Å²) in [5.74, 6) is 2.73. The molecule has 1 heterocycles. The molecule has 0 saturated carbocycles. The fraction of sp³-hybridized carbons (Fsp3) is 0.133. The van der Waals surface area contributed by atoms with Crippen molar-refractivity contribution in [3.05, 3.63) is 40.5 Å². The summed E-state index contributed by atoms with van der Waals surface area (Å²) >= 11 is 0.957. The Morgan fingerprint density at radius 3 is 2.67 bits per heavy atom. The Balaban J connectivity index is 2.42. The molecule has 2 aromatic rings. The van der Waals surface area contributed by atoms with Gasteiger partial charge in [-0.15, -0.1) is 17.3 Å².